The van der Waals surface area contributed by atoms with E-state index in [2.05, 4.69) is 0 Å². The molecule has 2 rings (SSSR count). The minimum Gasteiger partial charge on any atom is -0.368 e. The summed E-state index contributed by atoms with van der Waals surface area (Å²) in [6.45, 7) is 0.618. The third-order valence-corrected chi connectivity index (χ3v) is 2.15. The zero-order valence-electron chi connectivity index (χ0n) is 6.55. The van der Waals surface area contributed by atoms with Gasteiger partial charge in [-0.05, 0) is 17.7 Å². The molecule has 1 aromatic carbocycles. The van der Waals surface area contributed by atoms with Crippen LogP contribution < -0.4 is 0 Å². The fourth-order valence-electron chi connectivity index (χ4n) is 1.12. The highest BCUT2D eigenvalue weighted by atomic mass is 35.5. The van der Waals surface area contributed by atoms with Crippen molar-refractivity contribution in [1.29, 1.82) is 5.26 Å². The second-order valence-electron chi connectivity index (χ2n) is 2.80. The molecule has 0 aliphatic carbocycles. The van der Waals surface area contributed by atoms with Gasteiger partial charge >= 0.3 is 0 Å². The lowest BCUT2D eigenvalue weighted by Gasteiger charge is -2.00. The molecule has 1 aliphatic heterocycles. The Kier molecular flexibility index (Phi) is 1.95. The summed E-state index contributed by atoms with van der Waals surface area (Å²) in [5.41, 5.74) is 0.737. The normalized spacial score (nSPS) is 19.6. The van der Waals surface area contributed by atoms with Gasteiger partial charge in [0.15, 0.2) is 5.82 Å². The molecule has 0 aromatic heterocycles. The van der Waals surface area contributed by atoms with Crippen LogP contribution in [0.25, 0.3) is 0 Å². The summed E-state index contributed by atoms with van der Waals surface area (Å²) >= 11 is 5.59. The molecule has 66 valence electrons. The van der Waals surface area contributed by atoms with E-state index in [9.17, 15) is 4.39 Å². The van der Waals surface area contributed by atoms with Crippen molar-refractivity contribution in [3.8, 4) is 6.07 Å². The molecule has 4 heteroatoms. The third-order valence-electron chi connectivity index (χ3n) is 1.88. The van der Waals surface area contributed by atoms with Crippen LogP contribution in [0.1, 0.15) is 17.2 Å². The zero-order valence-corrected chi connectivity index (χ0v) is 7.31. The Balaban J connectivity index is 2.51. The minimum atomic E-state index is -0.659. The van der Waals surface area contributed by atoms with E-state index in [1.807, 2.05) is 0 Å². The largest absolute Gasteiger partial charge is 0.368 e. The SMILES string of the molecule is N#Cc1cc(C2CO2)cc(Cl)c1F. The number of nitriles is 1. The van der Waals surface area contributed by atoms with Gasteiger partial charge < -0.3 is 4.74 Å². The van der Waals surface area contributed by atoms with Gasteiger partial charge in [0, 0.05) is 0 Å². The molecule has 1 unspecified atom stereocenters. The van der Waals surface area contributed by atoms with Crippen molar-refractivity contribution in [2.75, 3.05) is 6.61 Å². The van der Waals surface area contributed by atoms with Crippen molar-refractivity contribution in [3.05, 3.63) is 34.1 Å². The van der Waals surface area contributed by atoms with Gasteiger partial charge in [-0.2, -0.15) is 5.26 Å². The molecule has 1 aliphatic rings. The molecular formula is C9H5ClFNO. The lowest BCUT2D eigenvalue weighted by molar-refractivity contribution is 0.415. The number of hydrogen-bond donors (Lipinski definition) is 0. The first kappa shape index (κ1) is 8.49. The van der Waals surface area contributed by atoms with Gasteiger partial charge in [0.25, 0.3) is 0 Å². The lowest BCUT2D eigenvalue weighted by atomic mass is 10.1. The van der Waals surface area contributed by atoms with Gasteiger partial charge in [0.2, 0.25) is 0 Å². The molecule has 0 saturated carbocycles. The maximum absolute atomic E-state index is 13.1. The highest BCUT2D eigenvalue weighted by Gasteiger charge is 2.26. The monoisotopic (exact) mass is 197 g/mol. The van der Waals surface area contributed by atoms with Crippen LogP contribution in [0.3, 0.4) is 0 Å². The van der Waals surface area contributed by atoms with Crippen molar-refractivity contribution in [2.45, 2.75) is 6.10 Å². The van der Waals surface area contributed by atoms with E-state index in [4.69, 9.17) is 21.6 Å². The van der Waals surface area contributed by atoms with Gasteiger partial charge in [-0.3, -0.25) is 0 Å². The summed E-state index contributed by atoms with van der Waals surface area (Å²) in [4.78, 5) is 0. The highest BCUT2D eigenvalue weighted by molar-refractivity contribution is 6.30. The average molecular weight is 198 g/mol. The Morgan fingerprint density at radius 3 is 2.85 bits per heavy atom. The van der Waals surface area contributed by atoms with Crippen LogP contribution in [0.5, 0.6) is 0 Å². The fraction of sp³-hybridized carbons (Fsp3) is 0.222. The Bertz CT molecular complexity index is 395. The molecular weight excluding hydrogens is 193 g/mol. The van der Waals surface area contributed by atoms with Crippen LogP contribution in [-0.2, 0) is 4.74 Å². The summed E-state index contributed by atoms with van der Waals surface area (Å²) in [6, 6.07) is 4.71. The second-order valence-corrected chi connectivity index (χ2v) is 3.21. The number of hydrogen-bond acceptors (Lipinski definition) is 2. The molecule has 0 radical (unpaired) electrons. The summed E-state index contributed by atoms with van der Waals surface area (Å²) in [6.07, 6.45) is -0.00907. The Morgan fingerprint density at radius 1 is 1.62 bits per heavy atom. The van der Waals surface area contributed by atoms with Crippen LogP contribution in [0, 0.1) is 17.1 Å². The van der Waals surface area contributed by atoms with Gasteiger partial charge in [0.1, 0.15) is 12.2 Å². The van der Waals surface area contributed by atoms with Crippen LogP contribution in [0.2, 0.25) is 5.02 Å². The topological polar surface area (TPSA) is 36.3 Å². The van der Waals surface area contributed by atoms with Gasteiger partial charge in [-0.25, -0.2) is 4.39 Å². The van der Waals surface area contributed by atoms with Crippen molar-refractivity contribution in [1.82, 2.24) is 0 Å². The van der Waals surface area contributed by atoms with E-state index >= 15 is 0 Å². The third kappa shape index (κ3) is 1.51. The summed E-state index contributed by atoms with van der Waals surface area (Å²) in [5.74, 6) is -0.659. The van der Waals surface area contributed by atoms with Gasteiger partial charge in [-0.15, -0.1) is 0 Å². The standard InChI is InChI=1S/C9H5ClFNO/c10-7-2-5(8-4-13-8)1-6(3-12)9(7)11/h1-2,8H,4H2. The van der Waals surface area contributed by atoms with E-state index in [-0.39, 0.29) is 16.7 Å². The predicted molar refractivity (Wildman–Crippen MR) is 44.8 cm³/mol. The van der Waals surface area contributed by atoms with Gasteiger partial charge in [-0.1, -0.05) is 11.6 Å². The van der Waals surface area contributed by atoms with Gasteiger partial charge in [0.05, 0.1) is 17.2 Å². The zero-order chi connectivity index (χ0) is 9.42. The molecule has 13 heavy (non-hydrogen) atoms. The number of rotatable bonds is 1. The van der Waals surface area contributed by atoms with Crippen molar-refractivity contribution in [2.24, 2.45) is 0 Å². The van der Waals surface area contributed by atoms with E-state index in [0.717, 1.165) is 5.56 Å². The number of ether oxygens (including phenoxy) is 1. The van der Waals surface area contributed by atoms with E-state index in [0.29, 0.717) is 6.61 Å². The molecule has 1 atom stereocenters. The molecule has 0 spiro atoms. The average Bonchev–Trinajstić information content (AvgIpc) is 2.92. The number of benzene rings is 1. The minimum absolute atomic E-state index is 0.00907. The highest BCUT2D eigenvalue weighted by Crippen LogP contribution is 2.33. The molecule has 1 fully saturated rings. The molecule has 1 heterocycles. The summed E-state index contributed by atoms with van der Waals surface area (Å²) in [7, 11) is 0. The molecule has 2 nitrogen and oxygen atoms in total. The molecule has 0 bridgehead atoms. The molecule has 1 saturated heterocycles. The number of nitrogens with zero attached hydrogens (tertiary/aromatic N) is 1. The first-order valence-corrected chi connectivity index (χ1v) is 4.11. The summed E-state index contributed by atoms with van der Waals surface area (Å²) in [5, 5.41) is 8.56. The maximum Gasteiger partial charge on any atom is 0.159 e. The van der Waals surface area contributed by atoms with E-state index < -0.39 is 5.82 Å². The Hall–Kier alpha value is -1.11. The first-order chi connectivity index (χ1) is 6.22. The van der Waals surface area contributed by atoms with Crippen molar-refractivity contribution in [3.63, 3.8) is 0 Å². The van der Waals surface area contributed by atoms with E-state index in [1.54, 1.807) is 6.07 Å². The number of halogens is 2. The molecule has 0 amide bonds. The lowest BCUT2D eigenvalue weighted by Crippen LogP contribution is -1.89. The Morgan fingerprint density at radius 2 is 2.31 bits per heavy atom. The van der Waals surface area contributed by atoms with E-state index in [1.165, 1.54) is 12.1 Å². The van der Waals surface area contributed by atoms with Crippen LogP contribution in [-0.4, -0.2) is 6.61 Å². The first-order valence-electron chi connectivity index (χ1n) is 3.73. The van der Waals surface area contributed by atoms with Crippen LogP contribution in [0.15, 0.2) is 12.1 Å². The van der Waals surface area contributed by atoms with Crippen molar-refractivity contribution < 1.29 is 9.13 Å². The predicted octanol–water partition coefficient (Wildman–Crippen LogP) is 2.42. The molecule has 0 N–H and O–H groups in total. The fourth-order valence-corrected chi connectivity index (χ4v) is 1.35. The second kappa shape index (κ2) is 2.99. The number of epoxide rings is 1. The Labute approximate surface area is 79.5 Å². The smallest absolute Gasteiger partial charge is 0.159 e. The quantitative estimate of drug-likeness (QED) is 0.649. The summed E-state index contributed by atoms with van der Waals surface area (Å²) < 4.78 is 18.1. The molecule has 1 aromatic rings. The van der Waals surface area contributed by atoms with Crippen molar-refractivity contribution >= 4 is 11.6 Å². The van der Waals surface area contributed by atoms with Crippen LogP contribution >= 0.6 is 11.6 Å². The van der Waals surface area contributed by atoms with Crippen LogP contribution in [0.4, 0.5) is 4.39 Å². The maximum atomic E-state index is 13.1.